The van der Waals surface area contributed by atoms with Crippen molar-refractivity contribution in [3.05, 3.63) is 47.7 Å². The summed E-state index contributed by atoms with van der Waals surface area (Å²) in [6.45, 7) is 4.13. The number of aryl methyl sites for hydroxylation is 2. The predicted octanol–water partition coefficient (Wildman–Crippen LogP) is 1.81. The Balaban J connectivity index is 2.03. The normalized spacial score (nSPS) is 11.7. The van der Waals surface area contributed by atoms with E-state index < -0.39 is 10.0 Å². The van der Waals surface area contributed by atoms with Crippen LogP contribution < -0.4 is 4.72 Å². The standard InChI is InChI=1S/C13H16N2O3S/c1-10-3-4-13(7-11(10)2)19(16,17)15-6-5-12-8-18-9-14-12/h3-4,7-9,15H,5-6H2,1-2H3. The Morgan fingerprint density at radius 1 is 1.26 bits per heavy atom. The van der Waals surface area contributed by atoms with Crippen molar-refractivity contribution in [1.82, 2.24) is 9.71 Å². The number of nitrogens with one attached hydrogen (secondary N) is 1. The number of benzene rings is 1. The number of rotatable bonds is 5. The van der Waals surface area contributed by atoms with Gasteiger partial charge in [-0.15, -0.1) is 0 Å². The molecule has 1 aromatic carbocycles. The summed E-state index contributed by atoms with van der Waals surface area (Å²) in [5, 5.41) is 0. The fourth-order valence-corrected chi connectivity index (χ4v) is 2.76. The molecule has 0 saturated heterocycles. The second kappa shape index (κ2) is 5.54. The van der Waals surface area contributed by atoms with E-state index >= 15 is 0 Å². The van der Waals surface area contributed by atoms with Crippen LogP contribution in [0, 0.1) is 13.8 Å². The van der Waals surface area contributed by atoms with Gasteiger partial charge in [0.2, 0.25) is 10.0 Å². The van der Waals surface area contributed by atoms with E-state index in [1.807, 2.05) is 19.9 Å². The topological polar surface area (TPSA) is 72.2 Å². The van der Waals surface area contributed by atoms with Crippen LogP contribution in [-0.4, -0.2) is 19.9 Å². The second-order valence-corrected chi connectivity index (χ2v) is 6.14. The van der Waals surface area contributed by atoms with Gasteiger partial charge in [-0.3, -0.25) is 0 Å². The van der Waals surface area contributed by atoms with E-state index in [9.17, 15) is 8.42 Å². The SMILES string of the molecule is Cc1ccc(S(=O)(=O)NCCc2cocn2)cc1C. The average molecular weight is 280 g/mol. The molecule has 0 aliphatic rings. The van der Waals surface area contributed by atoms with Gasteiger partial charge in [0.15, 0.2) is 6.39 Å². The van der Waals surface area contributed by atoms with Gasteiger partial charge < -0.3 is 4.42 Å². The lowest BCUT2D eigenvalue weighted by molar-refractivity contribution is 0.555. The molecule has 0 spiro atoms. The summed E-state index contributed by atoms with van der Waals surface area (Å²) < 4.78 is 31.5. The Morgan fingerprint density at radius 2 is 2.05 bits per heavy atom. The summed E-state index contributed by atoms with van der Waals surface area (Å²) in [6.07, 6.45) is 3.33. The number of sulfonamides is 1. The molecule has 0 aliphatic heterocycles. The highest BCUT2D eigenvalue weighted by Gasteiger charge is 2.14. The molecule has 0 amide bonds. The van der Waals surface area contributed by atoms with E-state index in [-0.39, 0.29) is 4.90 Å². The van der Waals surface area contributed by atoms with Crippen LogP contribution in [0.25, 0.3) is 0 Å². The molecule has 0 saturated carbocycles. The van der Waals surface area contributed by atoms with Gasteiger partial charge in [0.1, 0.15) is 6.26 Å². The smallest absolute Gasteiger partial charge is 0.240 e. The zero-order valence-electron chi connectivity index (χ0n) is 10.9. The molecular weight excluding hydrogens is 264 g/mol. The monoisotopic (exact) mass is 280 g/mol. The van der Waals surface area contributed by atoms with Crippen molar-refractivity contribution in [3.8, 4) is 0 Å². The Hall–Kier alpha value is -1.66. The van der Waals surface area contributed by atoms with E-state index in [2.05, 4.69) is 9.71 Å². The summed E-state index contributed by atoms with van der Waals surface area (Å²) in [6, 6.07) is 5.09. The first-order valence-corrected chi connectivity index (χ1v) is 7.41. The van der Waals surface area contributed by atoms with E-state index in [4.69, 9.17) is 4.42 Å². The third-order valence-corrected chi connectivity index (χ3v) is 4.40. The van der Waals surface area contributed by atoms with E-state index in [0.717, 1.165) is 16.8 Å². The molecule has 0 aliphatic carbocycles. The maximum absolute atomic E-state index is 12.1. The molecule has 0 radical (unpaired) electrons. The minimum atomic E-state index is -3.46. The van der Waals surface area contributed by atoms with Gasteiger partial charge >= 0.3 is 0 Å². The molecule has 0 fully saturated rings. The first-order valence-electron chi connectivity index (χ1n) is 5.93. The van der Waals surface area contributed by atoms with Gasteiger partial charge in [0, 0.05) is 13.0 Å². The molecule has 1 N–H and O–H groups in total. The molecule has 1 aromatic heterocycles. The lowest BCUT2D eigenvalue weighted by Gasteiger charge is -2.08. The molecular formula is C13H16N2O3S. The van der Waals surface area contributed by atoms with Crippen molar-refractivity contribution in [2.24, 2.45) is 0 Å². The molecule has 6 heteroatoms. The highest BCUT2D eigenvalue weighted by molar-refractivity contribution is 7.89. The van der Waals surface area contributed by atoms with Gasteiger partial charge in [-0.05, 0) is 37.1 Å². The van der Waals surface area contributed by atoms with Gasteiger partial charge in [0.25, 0.3) is 0 Å². The van der Waals surface area contributed by atoms with Crippen LogP contribution in [0.1, 0.15) is 16.8 Å². The highest BCUT2D eigenvalue weighted by Crippen LogP contribution is 2.14. The second-order valence-electron chi connectivity index (χ2n) is 4.37. The van der Waals surface area contributed by atoms with Crippen LogP contribution in [0.2, 0.25) is 0 Å². The van der Waals surface area contributed by atoms with E-state index in [0.29, 0.717) is 13.0 Å². The van der Waals surface area contributed by atoms with E-state index in [1.54, 1.807) is 12.1 Å². The van der Waals surface area contributed by atoms with Crippen LogP contribution >= 0.6 is 0 Å². The first-order chi connectivity index (χ1) is 8.99. The van der Waals surface area contributed by atoms with Crippen LogP contribution in [0.15, 0.2) is 40.2 Å². The fraction of sp³-hybridized carbons (Fsp3) is 0.308. The minimum Gasteiger partial charge on any atom is -0.451 e. The fourth-order valence-electron chi connectivity index (χ4n) is 1.64. The number of hydrogen-bond donors (Lipinski definition) is 1. The Labute approximate surface area is 112 Å². The van der Waals surface area contributed by atoms with Gasteiger partial charge in [-0.2, -0.15) is 0 Å². The number of hydrogen-bond acceptors (Lipinski definition) is 4. The molecule has 102 valence electrons. The molecule has 2 aromatic rings. The summed E-state index contributed by atoms with van der Waals surface area (Å²) in [5.41, 5.74) is 2.75. The van der Waals surface area contributed by atoms with Crippen LogP contribution in [0.4, 0.5) is 0 Å². The molecule has 2 rings (SSSR count). The maximum Gasteiger partial charge on any atom is 0.240 e. The Kier molecular flexibility index (Phi) is 4.01. The Morgan fingerprint density at radius 3 is 2.68 bits per heavy atom. The van der Waals surface area contributed by atoms with Crippen LogP contribution in [-0.2, 0) is 16.4 Å². The van der Waals surface area contributed by atoms with Gasteiger partial charge in [0.05, 0.1) is 10.6 Å². The van der Waals surface area contributed by atoms with Crippen molar-refractivity contribution < 1.29 is 12.8 Å². The number of nitrogens with zero attached hydrogens (tertiary/aromatic N) is 1. The third-order valence-electron chi connectivity index (χ3n) is 2.95. The predicted molar refractivity (Wildman–Crippen MR) is 71.3 cm³/mol. The van der Waals surface area contributed by atoms with E-state index in [1.165, 1.54) is 12.7 Å². The zero-order chi connectivity index (χ0) is 13.9. The van der Waals surface area contributed by atoms with Crippen LogP contribution in [0.5, 0.6) is 0 Å². The molecule has 1 heterocycles. The van der Waals surface area contributed by atoms with Crippen molar-refractivity contribution >= 4 is 10.0 Å². The summed E-state index contributed by atoms with van der Waals surface area (Å²) in [7, 11) is -3.46. The molecule has 0 unspecified atom stereocenters. The van der Waals surface area contributed by atoms with Crippen molar-refractivity contribution in [3.63, 3.8) is 0 Å². The summed E-state index contributed by atoms with van der Waals surface area (Å²) in [4.78, 5) is 4.22. The maximum atomic E-state index is 12.1. The highest BCUT2D eigenvalue weighted by atomic mass is 32.2. The molecule has 0 bridgehead atoms. The van der Waals surface area contributed by atoms with Gasteiger partial charge in [-0.1, -0.05) is 6.07 Å². The third kappa shape index (κ3) is 3.42. The number of oxazole rings is 1. The van der Waals surface area contributed by atoms with Crippen molar-refractivity contribution in [1.29, 1.82) is 0 Å². The zero-order valence-corrected chi connectivity index (χ0v) is 11.7. The first kappa shape index (κ1) is 13.8. The largest absolute Gasteiger partial charge is 0.451 e. The molecule has 19 heavy (non-hydrogen) atoms. The number of aromatic nitrogens is 1. The van der Waals surface area contributed by atoms with Gasteiger partial charge in [-0.25, -0.2) is 18.1 Å². The summed E-state index contributed by atoms with van der Waals surface area (Å²) >= 11 is 0. The van der Waals surface area contributed by atoms with Crippen LogP contribution in [0.3, 0.4) is 0 Å². The summed E-state index contributed by atoms with van der Waals surface area (Å²) in [5.74, 6) is 0. The lowest BCUT2D eigenvalue weighted by Crippen LogP contribution is -2.26. The quantitative estimate of drug-likeness (QED) is 0.906. The van der Waals surface area contributed by atoms with Crippen molar-refractivity contribution in [2.45, 2.75) is 25.2 Å². The lowest BCUT2D eigenvalue weighted by atomic mass is 10.1. The molecule has 5 nitrogen and oxygen atoms in total. The Bertz CT molecular complexity index is 649. The van der Waals surface area contributed by atoms with Crippen molar-refractivity contribution in [2.75, 3.05) is 6.54 Å². The molecule has 0 atom stereocenters. The average Bonchev–Trinajstić information content (AvgIpc) is 2.85. The minimum absolute atomic E-state index is 0.288.